The third-order valence-electron chi connectivity index (χ3n) is 9.21. The molecule has 0 amide bonds. The molecule has 0 bridgehead atoms. The quantitative estimate of drug-likeness (QED) is 0.210. The summed E-state index contributed by atoms with van der Waals surface area (Å²) in [6.45, 7) is 0. The maximum atomic E-state index is 5.18. The first-order valence-corrected chi connectivity index (χ1v) is 15.4. The lowest BCUT2D eigenvalue weighted by Gasteiger charge is -2.48. The average molecular weight is 577 g/mol. The molecule has 0 fully saturated rings. The van der Waals surface area contributed by atoms with Crippen molar-refractivity contribution < 1.29 is 0 Å². The fourth-order valence-corrected chi connectivity index (χ4v) is 7.37. The van der Waals surface area contributed by atoms with Gasteiger partial charge in [0.1, 0.15) is 0 Å². The van der Waals surface area contributed by atoms with Crippen LogP contribution in [0.25, 0.3) is 22.8 Å². The van der Waals surface area contributed by atoms with Gasteiger partial charge in [-0.3, -0.25) is 4.90 Å². The zero-order valence-electron chi connectivity index (χ0n) is 24.5. The molecular formula is C41H28N4. The van der Waals surface area contributed by atoms with Crippen LogP contribution in [-0.4, -0.2) is 15.0 Å². The number of anilines is 3. The molecule has 1 aliphatic heterocycles. The van der Waals surface area contributed by atoms with E-state index in [1.54, 1.807) is 0 Å². The van der Waals surface area contributed by atoms with Gasteiger partial charge in [0.25, 0.3) is 0 Å². The Morgan fingerprint density at radius 3 is 1.29 bits per heavy atom. The highest BCUT2D eigenvalue weighted by Crippen LogP contribution is 2.59. The van der Waals surface area contributed by atoms with Crippen LogP contribution < -0.4 is 4.90 Å². The van der Waals surface area contributed by atoms with Gasteiger partial charge >= 0.3 is 0 Å². The minimum Gasteiger partial charge on any atom is -0.278 e. The van der Waals surface area contributed by atoms with Crippen molar-refractivity contribution in [2.45, 2.75) is 11.8 Å². The van der Waals surface area contributed by atoms with Gasteiger partial charge in [-0.25, -0.2) is 4.98 Å². The van der Waals surface area contributed by atoms with Crippen LogP contribution >= 0.6 is 0 Å². The van der Waals surface area contributed by atoms with Crippen LogP contribution in [0.5, 0.6) is 0 Å². The third-order valence-corrected chi connectivity index (χ3v) is 9.21. The largest absolute Gasteiger partial charge is 0.278 e. The molecule has 1 aliphatic carbocycles. The Morgan fingerprint density at radius 2 is 0.800 bits per heavy atom. The van der Waals surface area contributed by atoms with Crippen molar-refractivity contribution in [3.63, 3.8) is 0 Å². The lowest BCUT2D eigenvalue weighted by molar-refractivity contribution is 0.691. The Morgan fingerprint density at radius 1 is 0.400 bits per heavy atom. The van der Waals surface area contributed by atoms with Crippen molar-refractivity contribution in [1.82, 2.24) is 15.0 Å². The Kier molecular flexibility index (Phi) is 5.75. The van der Waals surface area contributed by atoms with Gasteiger partial charge in [0.2, 0.25) is 5.95 Å². The molecule has 0 unspecified atom stereocenters. The van der Waals surface area contributed by atoms with E-state index in [1.807, 2.05) is 36.4 Å². The van der Waals surface area contributed by atoms with E-state index in [0.717, 1.165) is 28.9 Å². The van der Waals surface area contributed by atoms with E-state index in [9.17, 15) is 0 Å². The monoisotopic (exact) mass is 576 g/mol. The fraction of sp³-hybridized carbons (Fsp3) is 0.0488. The molecular weight excluding hydrogens is 548 g/mol. The van der Waals surface area contributed by atoms with Gasteiger partial charge < -0.3 is 0 Å². The highest BCUT2D eigenvalue weighted by molar-refractivity contribution is 5.89. The predicted molar refractivity (Wildman–Crippen MR) is 180 cm³/mol. The Hall–Kier alpha value is -5.87. The highest BCUT2D eigenvalue weighted by atomic mass is 15.3. The van der Waals surface area contributed by atoms with Gasteiger partial charge in [-0.1, -0.05) is 146 Å². The van der Waals surface area contributed by atoms with Crippen molar-refractivity contribution in [2.75, 3.05) is 4.90 Å². The summed E-state index contributed by atoms with van der Waals surface area (Å²) in [6.07, 6.45) is 0.913. The number of rotatable bonds is 3. The van der Waals surface area contributed by atoms with Gasteiger partial charge in [-0.15, -0.1) is 0 Å². The summed E-state index contributed by atoms with van der Waals surface area (Å²) < 4.78 is 0. The number of nitrogens with zero attached hydrogens (tertiary/aromatic N) is 4. The lowest BCUT2D eigenvalue weighted by atomic mass is 9.58. The average Bonchev–Trinajstić information content (AvgIpc) is 3.12. The Labute approximate surface area is 262 Å². The summed E-state index contributed by atoms with van der Waals surface area (Å²) in [5, 5.41) is 0. The van der Waals surface area contributed by atoms with Crippen LogP contribution in [0.1, 0.15) is 33.4 Å². The minimum atomic E-state index is -0.493. The molecule has 2 aliphatic rings. The zero-order chi connectivity index (χ0) is 29.8. The number of para-hydroxylation sites is 2. The number of benzene rings is 6. The van der Waals surface area contributed by atoms with Crippen molar-refractivity contribution >= 4 is 17.3 Å². The lowest BCUT2D eigenvalue weighted by Crippen LogP contribution is -2.41. The van der Waals surface area contributed by atoms with E-state index >= 15 is 0 Å². The van der Waals surface area contributed by atoms with E-state index in [-0.39, 0.29) is 0 Å². The van der Waals surface area contributed by atoms with Crippen LogP contribution in [0.3, 0.4) is 0 Å². The Balaban J connectivity index is 1.37. The van der Waals surface area contributed by atoms with Crippen LogP contribution in [0.2, 0.25) is 0 Å². The highest BCUT2D eigenvalue weighted by Gasteiger charge is 2.50. The fourth-order valence-electron chi connectivity index (χ4n) is 7.37. The summed E-state index contributed by atoms with van der Waals surface area (Å²) in [4.78, 5) is 17.6. The smallest absolute Gasteiger partial charge is 0.238 e. The SMILES string of the molecule is c1ccc(-c2nc(-c3ccccc3)nc(N3c4ccccc4C4(c5ccccc5Cc5ccccc54)c4ccccc43)n2)cc1. The first-order chi connectivity index (χ1) is 22.3. The van der Waals surface area contributed by atoms with Gasteiger partial charge in [-0.05, 0) is 51.9 Å². The second-order valence-electron chi connectivity index (χ2n) is 11.6. The molecule has 0 saturated carbocycles. The molecule has 0 saturated heterocycles. The van der Waals surface area contributed by atoms with Crippen LogP contribution in [0.15, 0.2) is 158 Å². The Bertz CT molecular complexity index is 2060. The first kappa shape index (κ1) is 25.6. The number of aromatic nitrogens is 3. The second-order valence-corrected chi connectivity index (χ2v) is 11.6. The molecule has 1 aromatic heterocycles. The van der Waals surface area contributed by atoms with E-state index in [1.165, 1.54) is 33.4 Å². The van der Waals surface area contributed by atoms with Gasteiger partial charge in [0.05, 0.1) is 16.8 Å². The topological polar surface area (TPSA) is 41.9 Å². The molecule has 2 heterocycles. The van der Waals surface area contributed by atoms with Crippen LogP contribution in [0, 0.1) is 0 Å². The summed E-state index contributed by atoms with van der Waals surface area (Å²) in [5.41, 5.74) is 11.3. The zero-order valence-corrected chi connectivity index (χ0v) is 24.5. The maximum absolute atomic E-state index is 5.18. The molecule has 9 rings (SSSR count). The van der Waals surface area contributed by atoms with Crippen LogP contribution in [-0.2, 0) is 11.8 Å². The first-order valence-electron chi connectivity index (χ1n) is 15.4. The summed E-state index contributed by atoms with van der Waals surface area (Å²) in [7, 11) is 0. The maximum Gasteiger partial charge on any atom is 0.238 e. The van der Waals surface area contributed by atoms with Crippen molar-refractivity contribution in [3.05, 3.63) is 191 Å². The molecule has 6 aromatic carbocycles. The second kappa shape index (κ2) is 10.1. The number of hydrogen-bond donors (Lipinski definition) is 0. The number of hydrogen-bond acceptors (Lipinski definition) is 4. The molecule has 0 atom stereocenters. The number of fused-ring (bicyclic) bond motifs is 8. The minimum absolute atomic E-state index is 0.493. The molecule has 0 radical (unpaired) electrons. The third kappa shape index (κ3) is 3.82. The summed E-state index contributed by atoms with van der Waals surface area (Å²) in [5.74, 6) is 1.88. The van der Waals surface area contributed by atoms with E-state index in [0.29, 0.717) is 17.6 Å². The van der Waals surface area contributed by atoms with Gasteiger partial charge in [0.15, 0.2) is 11.6 Å². The van der Waals surface area contributed by atoms with Gasteiger partial charge in [0, 0.05) is 11.1 Å². The van der Waals surface area contributed by atoms with Crippen LogP contribution in [0.4, 0.5) is 17.3 Å². The predicted octanol–water partition coefficient (Wildman–Crippen LogP) is 9.28. The molecule has 212 valence electrons. The van der Waals surface area contributed by atoms with Gasteiger partial charge in [-0.2, -0.15) is 9.97 Å². The standard InChI is InChI=1S/C41H28N4/c1-3-15-28(16-4-1)38-42-39(29-17-5-2-6-18-29)44-40(43-38)45-36-25-13-11-23-34(36)41(35-24-12-14-26-37(35)45)32-21-9-7-19-30(32)27-31-20-8-10-22-33(31)41/h1-26H,27H2. The summed E-state index contributed by atoms with van der Waals surface area (Å²) in [6, 6.07) is 55.8. The van der Waals surface area contributed by atoms with E-state index < -0.39 is 5.41 Å². The molecule has 45 heavy (non-hydrogen) atoms. The van der Waals surface area contributed by atoms with E-state index in [2.05, 4.69) is 126 Å². The van der Waals surface area contributed by atoms with Crippen molar-refractivity contribution in [2.24, 2.45) is 0 Å². The molecule has 4 heteroatoms. The summed E-state index contributed by atoms with van der Waals surface area (Å²) >= 11 is 0. The normalized spacial score (nSPS) is 13.8. The van der Waals surface area contributed by atoms with Crippen molar-refractivity contribution in [1.29, 1.82) is 0 Å². The molecule has 0 N–H and O–H groups in total. The molecule has 4 nitrogen and oxygen atoms in total. The molecule has 7 aromatic rings. The van der Waals surface area contributed by atoms with Crippen molar-refractivity contribution in [3.8, 4) is 22.8 Å². The van der Waals surface area contributed by atoms with E-state index in [4.69, 9.17) is 15.0 Å². The molecule has 1 spiro atoms.